The lowest BCUT2D eigenvalue weighted by molar-refractivity contribution is -0.143. The highest BCUT2D eigenvalue weighted by Crippen LogP contribution is 2.30. The molecule has 0 unspecified atom stereocenters. The zero-order chi connectivity index (χ0) is 8.81. The molecule has 1 aliphatic rings. The average molecular weight is 198 g/mol. The molecule has 0 bridgehead atoms. The predicted molar refractivity (Wildman–Crippen MR) is 40.2 cm³/mol. The highest BCUT2D eigenvalue weighted by Gasteiger charge is 2.47. The molecular formula is C5H8ClNO3S. The van der Waals surface area contributed by atoms with Gasteiger partial charge in [0.15, 0.2) is 0 Å². The molecule has 1 aliphatic heterocycles. The van der Waals surface area contributed by atoms with Crippen molar-refractivity contribution < 1.29 is 13.2 Å². The van der Waals surface area contributed by atoms with Crippen LogP contribution in [0.25, 0.3) is 0 Å². The molecule has 64 valence electrons. The van der Waals surface area contributed by atoms with E-state index in [4.69, 9.17) is 10.7 Å². The van der Waals surface area contributed by atoms with Crippen LogP contribution in [0.4, 0.5) is 0 Å². The summed E-state index contributed by atoms with van der Waals surface area (Å²) < 4.78 is 22.0. The minimum Gasteiger partial charge on any atom is -0.273 e. The van der Waals surface area contributed by atoms with Crippen molar-refractivity contribution in [2.24, 2.45) is 5.92 Å². The summed E-state index contributed by atoms with van der Waals surface area (Å²) in [5, 5.41) is 0. The van der Waals surface area contributed by atoms with Crippen molar-refractivity contribution in [3.8, 4) is 0 Å². The monoisotopic (exact) mass is 197 g/mol. The lowest BCUT2D eigenvalue weighted by Crippen LogP contribution is -2.59. The number of hydrogen-bond acceptors (Lipinski definition) is 3. The van der Waals surface area contributed by atoms with Crippen LogP contribution in [0.3, 0.4) is 0 Å². The highest BCUT2D eigenvalue weighted by atomic mass is 35.7. The maximum Gasteiger partial charge on any atom is 0.324 e. The van der Waals surface area contributed by atoms with Gasteiger partial charge < -0.3 is 0 Å². The van der Waals surface area contributed by atoms with E-state index in [1.165, 1.54) is 0 Å². The average Bonchev–Trinajstić information content (AvgIpc) is 1.85. The molecule has 0 aromatic heterocycles. The summed E-state index contributed by atoms with van der Waals surface area (Å²) in [7, 11) is 1.13. The molecule has 0 aliphatic carbocycles. The van der Waals surface area contributed by atoms with E-state index in [-0.39, 0.29) is 12.0 Å². The first-order valence-corrected chi connectivity index (χ1v) is 5.40. The topological polar surface area (TPSA) is 54.5 Å². The second-order valence-electron chi connectivity index (χ2n) is 2.61. The molecule has 0 aromatic rings. The van der Waals surface area contributed by atoms with E-state index in [9.17, 15) is 13.2 Å². The molecule has 1 amide bonds. The van der Waals surface area contributed by atoms with E-state index in [1.807, 2.05) is 0 Å². The van der Waals surface area contributed by atoms with Gasteiger partial charge >= 0.3 is 9.24 Å². The Labute approximate surface area is 69.7 Å². The van der Waals surface area contributed by atoms with Gasteiger partial charge in [0.25, 0.3) is 0 Å². The van der Waals surface area contributed by atoms with Gasteiger partial charge in [0.2, 0.25) is 5.91 Å². The van der Waals surface area contributed by atoms with Crippen molar-refractivity contribution in [2.45, 2.75) is 19.9 Å². The normalized spacial score (nSPS) is 31.9. The molecule has 1 rings (SSSR count). The Morgan fingerprint density at radius 3 is 2.09 bits per heavy atom. The lowest BCUT2D eigenvalue weighted by Gasteiger charge is -2.40. The Morgan fingerprint density at radius 2 is 1.91 bits per heavy atom. The third-order valence-electron chi connectivity index (χ3n) is 1.94. The summed E-state index contributed by atoms with van der Waals surface area (Å²) in [5.41, 5.74) is 0. The summed E-state index contributed by atoms with van der Waals surface area (Å²) in [6.45, 7) is 3.32. The molecule has 0 spiro atoms. The summed E-state index contributed by atoms with van der Waals surface area (Å²) in [5.74, 6) is -0.656. The van der Waals surface area contributed by atoms with Crippen molar-refractivity contribution >= 4 is 25.8 Å². The van der Waals surface area contributed by atoms with Crippen LogP contribution in [0, 0.1) is 5.92 Å². The quantitative estimate of drug-likeness (QED) is 0.450. The van der Waals surface area contributed by atoms with Crippen molar-refractivity contribution in [2.75, 3.05) is 0 Å². The molecular weight excluding hydrogens is 190 g/mol. The van der Waals surface area contributed by atoms with Gasteiger partial charge in [-0.15, -0.1) is 0 Å². The van der Waals surface area contributed by atoms with Gasteiger partial charge in [-0.25, -0.2) is 4.31 Å². The zero-order valence-electron chi connectivity index (χ0n) is 6.11. The lowest BCUT2D eigenvalue weighted by atomic mass is 9.95. The van der Waals surface area contributed by atoms with Crippen molar-refractivity contribution in [3.63, 3.8) is 0 Å². The molecule has 6 heteroatoms. The second kappa shape index (κ2) is 2.35. The van der Waals surface area contributed by atoms with E-state index in [1.54, 1.807) is 13.8 Å². The van der Waals surface area contributed by atoms with Gasteiger partial charge in [-0.1, -0.05) is 6.92 Å². The fraction of sp³-hybridized carbons (Fsp3) is 0.800. The first kappa shape index (κ1) is 8.80. The Bertz CT molecular complexity index is 286. The number of carbonyl (C=O) groups is 1. The summed E-state index contributed by atoms with van der Waals surface area (Å²) in [6.07, 6.45) is 0. The summed E-state index contributed by atoms with van der Waals surface area (Å²) in [6, 6.07) is -0.301. The zero-order valence-corrected chi connectivity index (χ0v) is 7.69. The minimum atomic E-state index is -3.84. The molecule has 0 N–H and O–H groups in total. The van der Waals surface area contributed by atoms with Crippen LogP contribution >= 0.6 is 10.7 Å². The van der Waals surface area contributed by atoms with Gasteiger partial charge in [0, 0.05) is 10.7 Å². The van der Waals surface area contributed by atoms with Gasteiger partial charge in [-0.2, -0.15) is 8.42 Å². The Balaban J connectivity index is 2.88. The minimum absolute atomic E-state index is 0.233. The number of rotatable bonds is 1. The van der Waals surface area contributed by atoms with Crippen LogP contribution in [0.15, 0.2) is 0 Å². The van der Waals surface area contributed by atoms with Crippen molar-refractivity contribution in [3.05, 3.63) is 0 Å². The number of hydrogen-bond donors (Lipinski definition) is 0. The smallest absolute Gasteiger partial charge is 0.273 e. The predicted octanol–water partition coefficient (Wildman–Crippen LogP) is 0.337. The van der Waals surface area contributed by atoms with Crippen molar-refractivity contribution in [1.82, 2.24) is 4.31 Å². The van der Waals surface area contributed by atoms with Crippen molar-refractivity contribution in [1.29, 1.82) is 0 Å². The fourth-order valence-electron chi connectivity index (χ4n) is 1.03. The van der Waals surface area contributed by atoms with Crippen LogP contribution in [0.2, 0.25) is 0 Å². The van der Waals surface area contributed by atoms with Gasteiger partial charge in [0.1, 0.15) is 0 Å². The first-order chi connectivity index (χ1) is 4.85. The molecule has 0 aromatic carbocycles. The molecule has 0 radical (unpaired) electrons. The number of carbonyl (C=O) groups excluding carboxylic acids is 1. The second-order valence-corrected chi connectivity index (χ2v) is 4.99. The molecule has 11 heavy (non-hydrogen) atoms. The molecule has 1 fully saturated rings. The molecule has 2 atom stereocenters. The first-order valence-electron chi connectivity index (χ1n) is 3.13. The van der Waals surface area contributed by atoms with Crippen LogP contribution in [0.5, 0.6) is 0 Å². The van der Waals surface area contributed by atoms with E-state index in [0.29, 0.717) is 4.31 Å². The maximum atomic E-state index is 10.9. The molecule has 0 saturated carbocycles. The van der Waals surface area contributed by atoms with Gasteiger partial charge in [-0.3, -0.25) is 4.79 Å². The molecule has 4 nitrogen and oxygen atoms in total. The molecule has 1 heterocycles. The van der Waals surface area contributed by atoms with Gasteiger partial charge in [0.05, 0.1) is 12.0 Å². The number of halogens is 1. The Morgan fingerprint density at radius 1 is 1.45 bits per heavy atom. The van der Waals surface area contributed by atoms with Gasteiger partial charge in [-0.05, 0) is 6.92 Å². The van der Waals surface area contributed by atoms with E-state index in [2.05, 4.69) is 0 Å². The maximum absolute atomic E-state index is 10.9. The third-order valence-corrected chi connectivity index (χ3v) is 3.36. The van der Waals surface area contributed by atoms with Crippen LogP contribution in [-0.4, -0.2) is 24.7 Å². The largest absolute Gasteiger partial charge is 0.324 e. The summed E-state index contributed by atoms with van der Waals surface area (Å²) in [4.78, 5) is 10.9. The Hall–Kier alpha value is -0.290. The summed E-state index contributed by atoms with van der Waals surface area (Å²) >= 11 is 0. The molecule has 1 saturated heterocycles. The third kappa shape index (κ3) is 1.22. The highest BCUT2D eigenvalue weighted by molar-refractivity contribution is 8.12. The van der Waals surface area contributed by atoms with E-state index < -0.39 is 15.1 Å². The van der Waals surface area contributed by atoms with E-state index >= 15 is 0 Å². The fourth-order valence-corrected chi connectivity index (χ4v) is 2.58. The van der Waals surface area contributed by atoms with Crippen LogP contribution in [0.1, 0.15) is 13.8 Å². The van der Waals surface area contributed by atoms with E-state index in [0.717, 1.165) is 0 Å². The van der Waals surface area contributed by atoms with Crippen LogP contribution < -0.4 is 0 Å². The standard InChI is InChI=1S/C5H8ClNO3S/c1-3-4(2)7(5(3)8)11(6,9)10/h3-4H,1-2H3/t3-,4-/m0/s1. The number of β-lactam (4-membered cyclic amide) rings is 1. The number of amides is 1. The SMILES string of the molecule is C[C@@H]1C(=O)N(S(=O)(=O)Cl)[C@H]1C. The number of nitrogens with zero attached hydrogens (tertiary/aromatic N) is 1. The van der Waals surface area contributed by atoms with Crippen LogP contribution in [-0.2, 0) is 14.0 Å². The Kier molecular flexibility index (Phi) is 1.88.